The number of rotatable bonds is 8. The molecule has 1 atom stereocenters. The van der Waals surface area contributed by atoms with Crippen LogP contribution in [0.15, 0.2) is 28.6 Å². The minimum absolute atomic E-state index is 0.0592. The third-order valence-electron chi connectivity index (χ3n) is 3.39. The van der Waals surface area contributed by atoms with Crippen molar-refractivity contribution in [2.24, 2.45) is 0 Å². The Bertz CT molecular complexity index is 686. The summed E-state index contributed by atoms with van der Waals surface area (Å²) in [6.45, 7) is 4.43. The molecule has 1 saturated carbocycles. The van der Waals surface area contributed by atoms with Crippen molar-refractivity contribution in [1.82, 2.24) is 10.2 Å². The summed E-state index contributed by atoms with van der Waals surface area (Å²) in [5, 5.41) is 15.0. The van der Waals surface area contributed by atoms with E-state index in [1.54, 1.807) is 0 Å². The molecule has 6 nitrogen and oxygen atoms in total. The van der Waals surface area contributed by atoms with E-state index in [0.717, 1.165) is 20.9 Å². The molecule has 128 valence electrons. The molecule has 2 aromatic rings. The predicted octanol–water partition coefficient (Wildman–Crippen LogP) is 3.63. The summed E-state index contributed by atoms with van der Waals surface area (Å²) in [4.78, 5) is 12.3. The molecule has 1 aliphatic rings. The maximum Gasteiger partial charge on any atom is 0.237 e. The van der Waals surface area contributed by atoms with Crippen LogP contribution in [0.4, 0.5) is 10.8 Å². The molecule has 1 aromatic heterocycles. The van der Waals surface area contributed by atoms with E-state index < -0.39 is 0 Å². The van der Waals surface area contributed by atoms with E-state index in [1.165, 1.54) is 35.9 Å². The van der Waals surface area contributed by atoms with Crippen LogP contribution in [0, 0.1) is 0 Å². The summed E-state index contributed by atoms with van der Waals surface area (Å²) < 4.78 is 6.19. The number of ether oxygens (including phenoxy) is 1. The molecule has 0 saturated heterocycles. The third-order valence-corrected chi connectivity index (χ3v) is 5.43. The fourth-order valence-corrected chi connectivity index (χ4v) is 3.94. The van der Waals surface area contributed by atoms with Gasteiger partial charge in [-0.25, -0.2) is 0 Å². The van der Waals surface area contributed by atoms with Crippen LogP contribution in [-0.4, -0.2) is 34.0 Å². The number of nitrogens with one attached hydrogen (secondary N) is 2. The smallest absolute Gasteiger partial charge is 0.237 e. The standard InChI is InChI=1S/C16H20N4O2S2/c1-3-22-13-8-6-11(7-9-13)17-14(21)10(2)23-16-20-19-15(24-16)18-12-4-5-12/h6-10,12H,3-5H2,1-2H3,(H,17,21)(H,18,19)/t10-/m0/s1. The highest BCUT2D eigenvalue weighted by atomic mass is 32.2. The van der Waals surface area contributed by atoms with Crippen LogP contribution in [0.1, 0.15) is 26.7 Å². The third kappa shape index (κ3) is 4.85. The topological polar surface area (TPSA) is 76.1 Å². The van der Waals surface area contributed by atoms with Crippen molar-refractivity contribution in [2.45, 2.75) is 42.3 Å². The van der Waals surface area contributed by atoms with E-state index in [-0.39, 0.29) is 11.2 Å². The number of aromatic nitrogens is 2. The van der Waals surface area contributed by atoms with Gasteiger partial charge in [-0.05, 0) is 51.0 Å². The molecule has 1 fully saturated rings. The van der Waals surface area contributed by atoms with E-state index in [1.807, 2.05) is 38.1 Å². The molecule has 0 unspecified atom stereocenters. The molecule has 1 heterocycles. The Morgan fingerprint density at radius 2 is 2.12 bits per heavy atom. The first-order chi connectivity index (χ1) is 11.6. The molecular formula is C16H20N4O2S2. The molecule has 3 rings (SSSR count). The van der Waals surface area contributed by atoms with Gasteiger partial charge in [-0.15, -0.1) is 10.2 Å². The molecule has 8 heteroatoms. The van der Waals surface area contributed by atoms with Crippen LogP contribution in [0.2, 0.25) is 0 Å². The number of hydrogen-bond donors (Lipinski definition) is 2. The van der Waals surface area contributed by atoms with Gasteiger partial charge in [0.25, 0.3) is 0 Å². The number of thioether (sulfide) groups is 1. The van der Waals surface area contributed by atoms with E-state index >= 15 is 0 Å². The molecule has 24 heavy (non-hydrogen) atoms. The minimum Gasteiger partial charge on any atom is -0.494 e. The Kier molecular flexibility index (Phi) is 5.57. The van der Waals surface area contributed by atoms with Crippen LogP contribution in [-0.2, 0) is 4.79 Å². The van der Waals surface area contributed by atoms with Gasteiger partial charge in [0.1, 0.15) is 5.75 Å². The van der Waals surface area contributed by atoms with Crippen molar-refractivity contribution in [1.29, 1.82) is 0 Å². The van der Waals surface area contributed by atoms with E-state index in [9.17, 15) is 4.79 Å². The van der Waals surface area contributed by atoms with Crippen molar-refractivity contribution >= 4 is 39.8 Å². The van der Waals surface area contributed by atoms with Crippen LogP contribution < -0.4 is 15.4 Å². The maximum atomic E-state index is 12.3. The number of amides is 1. The Morgan fingerprint density at radius 1 is 1.38 bits per heavy atom. The van der Waals surface area contributed by atoms with Crippen LogP contribution in [0.3, 0.4) is 0 Å². The van der Waals surface area contributed by atoms with Gasteiger partial charge in [0.15, 0.2) is 4.34 Å². The zero-order valence-corrected chi connectivity index (χ0v) is 15.2. The van der Waals surface area contributed by atoms with Gasteiger partial charge in [0, 0.05) is 11.7 Å². The Morgan fingerprint density at radius 3 is 2.79 bits per heavy atom. The molecule has 2 N–H and O–H groups in total. The fraction of sp³-hybridized carbons (Fsp3) is 0.438. The molecule has 1 aromatic carbocycles. The van der Waals surface area contributed by atoms with Gasteiger partial charge in [0.2, 0.25) is 11.0 Å². The number of carbonyl (C=O) groups is 1. The number of anilines is 2. The van der Waals surface area contributed by atoms with E-state index in [4.69, 9.17) is 4.74 Å². The SMILES string of the molecule is CCOc1ccc(NC(=O)[C@H](C)Sc2nnc(NC3CC3)s2)cc1. The number of nitrogens with zero attached hydrogens (tertiary/aromatic N) is 2. The van der Waals surface area contributed by atoms with Crippen LogP contribution in [0.5, 0.6) is 5.75 Å². The zero-order valence-electron chi connectivity index (χ0n) is 13.6. The number of benzene rings is 1. The highest BCUT2D eigenvalue weighted by molar-refractivity contribution is 8.02. The lowest BCUT2D eigenvalue weighted by molar-refractivity contribution is -0.115. The lowest BCUT2D eigenvalue weighted by Crippen LogP contribution is -2.22. The predicted molar refractivity (Wildman–Crippen MR) is 98.1 cm³/mol. The van der Waals surface area contributed by atoms with Gasteiger partial charge in [-0.2, -0.15) is 0 Å². The lowest BCUT2D eigenvalue weighted by Gasteiger charge is -2.11. The molecule has 0 radical (unpaired) electrons. The van der Waals surface area contributed by atoms with Crippen LogP contribution in [0.25, 0.3) is 0 Å². The summed E-state index contributed by atoms with van der Waals surface area (Å²) >= 11 is 2.91. The average molecular weight is 364 g/mol. The average Bonchev–Trinajstić information content (AvgIpc) is 3.27. The second-order valence-corrected chi connectivity index (χ2v) is 8.06. The maximum absolute atomic E-state index is 12.3. The summed E-state index contributed by atoms with van der Waals surface area (Å²) in [6.07, 6.45) is 2.39. The molecule has 0 spiro atoms. The molecule has 0 bridgehead atoms. The first-order valence-electron chi connectivity index (χ1n) is 7.94. The van der Waals surface area contributed by atoms with Crippen molar-refractivity contribution < 1.29 is 9.53 Å². The fourth-order valence-electron chi connectivity index (χ4n) is 1.97. The van der Waals surface area contributed by atoms with Gasteiger partial charge < -0.3 is 15.4 Å². The quantitative estimate of drug-likeness (QED) is 0.697. The monoisotopic (exact) mass is 364 g/mol. The first kappa shape index (κ1) is 17.0. The van der Waals surface area contributed by atoms with Crippen LogP contribution >= 0.6 is 23.1 Å². The van der Waals surface area contributed by atoms with Crippen molar-refractivity contribution in [2.75, 3.05) is 17.2 Å². The van der Waals surface area contributed by atoms with Gasteiger partial charge in [0.05, 0.1) is 11.9 Å². The first-order valence-corrected chi connectivity index (χ1v) is 9.64. The minimum atomic E-state index is -0.252. The lowest BCUT2D eigenvalue weighted by atomic mass is 10.3. The highest BCUT2D eigenvalue weighted by Gasteiger charge is 2.23. The number of hydrogen-bond acceptors (Lipinski definition) is 7. The Hall–Kier alpha value is -1.80. The number of carbonyl (C=O) groups excluding carboxylic acids is 1. The Labute approximate surface area is 149 Å². The second kappa shape index (κ2) is 7.85. The molecule has 1 amide bonds. The normalized spacial score (nSPS) is 14.9. The van der Waals surface area contributed by atoms with Crippen molar-refractivity contribution in [3.63, 3.8) is 0 Å². The molecular weight excluding hydrogens is 344 g/mol. The molecule has 1 aliphatic carbocycles. The van der Waals surface area contributed by atoms with E-state index in [0.29, 0.717) is 12.6 Å². The largest absolute Gasteiger partial charge is 0.494 e. The van der Waals surface area contributed by atoms with Gasteiger partial charge in [-0.1, -0.05) is 23.1 Å². The summed E-state index contributed by atoms with van der Waals surface area (Å²) in [6, 6.07) is 7.91. The van der Waals surface area contributed by atoms with Gasteiger partial charge >= 0.3 is 0 Å². The van der Waals surface area contributed by atoms with Gasteiger partial charge in [-0.3, -0.25) is 4.79 Å². The molecule has 0 aliphatic heterocycles. The summed E-state index contributed by atoms with van der Waals surface area (Å²) in [5.74, 6) is 0.735. The highest BCUT2D eigenvalue weighted by Crippen LogP contribution is 2.32. The Balaban J connectivity index is 1.51. The van der Waals surface area contributed by atoms with E-state index in [2.05, 4.69) is 20.8 Å². The summed E-state index contributed by atoms with van der Waals surface area (Å²) in [5.41, 5.74) is 0.754. The van der Waals surface area contributed by atoms with Crippen molar-refractivity contribution in [3.05, 3.63) is 24.3 Å². The van der Waals surface area contributed by atoms with Crippen molar-refractivity contribution in [3.8, 4) is 5.75 Å². The second-order valence-electron chi connectivity index (χ2n) is 5.50. The summed E-state index contributed by atoms with van der Waals surface area (Å²) in [7, 11) is 0. The zero-order chi connectivity index (χ0) is 16.9.